The van der Waals surface area contributed by atoms with Crippen LogP contribution in [-0.4, -0.2) is 24.0 Å². The highest BCUT2D eigenvalue weighted by atomic mass is 79.9. The number of benzene rings is 1. The number of rotatable bonds is 4. The summed E-state index contributed by atoms with van der Waals surface area (Å²) in [5.74, 6) is -1.98. The van der Waals surface area contributed by atoms with E-state index in [9.17, 15) is 14.0 Å². The van der Waals surface area contributed by atoms with Crippen molar-refractivity contribution in [1.29, 1.82) is 0 Å². The Balaban J connectivity index is 2.71. The molecule has 1 aromatic rings. The summed E-state index contributed by atoms with van der Waals surface area (Å²) in [4.78, 5) is 23.3. The van der Waals surface area contributed by atoms with Crippen LogP contribution in [0.15, 0.2) is 22.7 Å². The Labute approximate surface area is 119 Å². The number of halogens is 2. The Hall–Kier alpha value is -1.43. The molecule has 0 saturated heterocycles. The number of esters is 1. The fraction of sp³-hybridized carbons (Fsp3) is 0.385. The van der Waals surface area contributed by atoms with Crippen LogP contribution in [0.25, 0.3) is 0 Å². The minimum Gasteiger partial charge on any atom is -0.449 e. The molecule has 0 aromatic heterocycles. The van der Waals surface area contributed by atoms with E-state index in [4.69, 9.17) is 4.74 Å². The number of hydrogen-bond donors (Lipinski definition) is 1. The second-order valence-corrected chi connectivity index (χ2v) is 5.25. The Kier molecular flexibility index (Phi) is 5.47. The number of ether oxygens (including phenoxy) is 1. The second-order valence-electron chi connectivity index (χ2n) is 4.33. The normalized spacial score (nSPS) is 12.1. The van der Waals surface area contributed by atoms with E-state index in [1.807, 2.05) is 0 Å². The molecule has 1 N–H and O–H groups in total. The average Bonchev–Trinajstić information content (AvgIpc) is 2.27. The van der Waals surface area contributed by atoms with Crippen LogP contribution < -0.4 is 5.32 Å². The molecule has 0 aliphatic rings. The summed E-state index contributed by atoms with van der Waals surface area (Å²) in [6, 6.07) is 3.93. The summed E-state index contributed by atoms with van der Waals surface area (Å²) in [7, 11) is 0. The minimum absolute atomic E-state index is 0.0573. The third-order valence-electron chi connectivity index (χ3n) is 2.24. The highest BCUT2D eigenvalue weighted by Gasteiger charge is 2.21. The summed E-state index contributed by atoms with van der Waals surface area (Å²) in [5.41, 5.74) is -0.201. The fourth-order valence-electron chi connectivity index (χ4n) is 1.33. The molecule has 0 radical (unpaired) electrons. The molecular formula is C13H15BrFNO3. The molecule has 0 heterocycles. The van der Waals surface area contributed by atoms with E-state index in [2.05, 4.69) is 21.2 Å². The molecule has 0 aliphatic carbocycles. The molecule has 19 heavy (non-hydrogen) atoms. The van der Waals surface area contributed by atoms with Gasteiger partial charge < -0.3 is 10.1 Å². The van der Waals surface area contributed by atoms with E-state index in [0.29, 0.717) is 4.47 Å². The van der Waals surface area contributed by atoms with Crippen molar-refractivity contribution >= 4 is 27.8 Å². The van der Waals surface area contributed by atoms with Gasteiger partial charge in [-0.2, -0.15) is 0 Å². The van der Waals surface area contributed by atoms with E-state index in [1.165, 1.54) is 19.1 Å². The Bertz CT molecular complexity index is 491. The van der Waals surface area contributed by atoms with Crippen LogP contribution in [0.5, 0.6) is 0 Å². The molecule has 1 amide bonds. The van der Waals surface area contributed by atoms with Crippen LogP contribution >= 0.6 is 15.9 Å². The van der Waals surface area contributed by atoms with Gasteiger partial charge in [0.15, 0.2) is 6.10 Å². The molecule has 1 aromatic carbocycles. The average molecular weight is 332 g/mol. The summed E-state index contributed by atoms with van der Waals surface area (Å²) in [6.07, 6.45) is -0.974. The standard InChI is InChI=1S/C13H15BrFNO3/c1-7(2)16-12(17)8(3)19-13(18)10-5-4-9(14)6-11(10)15/h4-8H,1-3H3,(H,16,17)/t8-/m1/s1. The van der Waals surface area contributed by atoms with Gasteiger partial charge in [0.1, 0.15) is 5.82 Å². The molecule has 1 rings (SSSR count). The maximum Gasteiger partial charge on any atom is 0.341 e. The van der Waals surface area contributed by atoms with Crippen molar-refractivity contribution in [1.82, 2.24) is 5.32 Å². The van der Waals surface area contributed by atoms with Crippen LogP contribution in [0.1, 0.15) is 31.1 Å². The van der Waals surface area contributed by atoms with Crippen LogP contribution in [-0.2, 0) is 9.53 Å². The fourth-order valence-corrected chi connectivity index (χ4v) is 1.67. The van der Waals surface area contributed by atoms with E-state index in [1.54, 1.807) is 13.8 Å². The predicted octanol–water partition coefficient (Wildman–Crippen LogP) is 2.66. The molecule has 0 fully saturated rings. The molecular weight excluding hydrogens is 317 g/mol. The highest BCUT2D eigenvalue weighted by molar-refractivity contribution is 9.10. The number of hydrogen-bond acceptors (Lipinski definition) is 3. The van der Waals surface area contributed by atoms with Crippen molar-refractivity contribution in [3.63, 3.8) is 0 Å². The monoisotopic (exact) mass is 331 g/mol. The summed E-state index contributed by atoms with van der Waals surface area (Å²) >= 11 is 3.09. The first-order valence-corrected chi connectivity index (χ1v) is 6.57. The van der Waals surface area contributed by atoms with Gasteiger partial charge in [0, 0.05) is 10.5 Å². The molecule has 0 aliphatic heterocycles. The van der Waals surface area contributed by atoms with Crippen molar-refractivity contribution in [2.24, 2.45) is 0 Å². The molecule has 104 valence electrons. The number of amides is 1. The summed E-state index contributed by atoms with van der Waals surface area (Å²) in [6.45, 7) is 5.02. The topological polar surface area (TPSA) is 55.4 Å². The largest absolute Gasteiger partial charge is 0.449 e. The van der Waals surface area contributed by atoms with E-state index >= 15 is 0 Å². The van der Waals surface area contributed by atoms with Gasteiger partial charge in [-0.3, -0.25) is 4.79 Å². The minimum atomic E-state index is -0.974. The maximum atomic E-state index is 13.5. The number of carbonyl (C=O) groups is 2. The third-order valence-corrected chi connectivity index (χ3v) is 2.73. The lowest BCUT2D eigenvalue weighted by molar-refractivity contribution is -0.129. The molecule has 0 bridgehead atoms. The smallest absolute Gasteiger partial charge is 0.341 e. The van der Waals surface area contributed by atoms with E-state index in [-0.39, 0.29) is 11.6 Å². The van der Waals surface area contributed by atoms with Crippen LogP contribution in [0.3, 0.4) is 0 Å². The van der Waals surface area contributed by atoms with Crippen molar-refractivity contribution in [3.05, 3.63) is 34.1 Å². The van der Waals surface area contributed by atoms with Gasteiger partial charge in [0.05, 0.1) is 5.56 Å². The molecule has 0 saturated carbocycles. The van der Waals surface area contributed by atoms with Gasteiger partial charge in [-0.1, -0.05) is 15.9 Å². The van der Waals surface area contributed by atoms with E-state index < -0.39 is 23.8 Å². The zero-order valence-corrected chi connectivity index (χ0v) is 12.5. The van der Waals surface area contributed by atoms with E-state index in [0.717, 1.165) is 6.07 Å². The van der Waals surface area contributed by atoms with Crippen molar-refractivity contribution in [2.45, 2.75) is 32.9 Å². The molecule has 6 heteroatoms. The molecule has 1 atom stereocenters. The van der Waals surface area contributed by atoms with Crippen LogP contribution in [0.2, 0.25) is 0 Å². The van der Waals surface area contributed by atoms with Crippen molar-refractivity contribution in [2.75, 3.05) is 0 Å². The quantitative estimate of drug-likeness (QED) is 0.863. The van der Waals surface area contributed by atoms with Gasteiger partial charge in [0.2, 0.25) is 0 Å². The maximum absolute atomic E-state index is 13.5. The van der Waals surface area contributed by atoms with Gasteiger partial charge in [-0.05, 0) is 39.0 Å². The zero-order chi connectivity index (χ0) is 14.6. The van der Waals surface area contributed by atoms with Crippen LogP contribution in [0, 0.1) is 5.82 Å². The van der Waals surface area contributed by atoms with Crippen molar-refractivity contribution in [3.8, 4) is 0 Å². The highest BCUT2D eigenvalue weighted by Crippen LogP contribution is 2.16. The summed E-state index contributed by atoms with van der Waals surface area (Å²) < 4.78 is 19.0. The van der Waals surface area contributed by atoms with Crippen molar-refractivity contribution < 1.29 is 18.7 Å². The lowest BCUT2D eigenvalue weighted by Crippen LogP contribution is -2.39. The summed E-state index contributed by atoms with van der Waals surface area (Å²) in [5, 5.41) is 2.61. The van der Waals surface area contributed by atoms with Crippen LogP contribution in [0.4, 0.5) is 4.39 Å². The molecule has 0 spiro atoms. The first-order chi connectivity index (χ1) is 8.81. The molecule has 4 nitrogen and oxygen atoms in total. The second kappa shape index (κ2) is 6.65. The first kappa shape index (κ1) is 15.6. The molecule has 0 unspecified atom stereocenters. The van der Waals surface area contributed by atoms with Gasteiger partial charge in [0.25, 0.3) is 5.91 Å². The first-order valence-electron chi connectivity index (χ1n) is 5.77. The Morgan fingerprint density at radius 3 is 2.47 bits per heavy atom. The van der Waals surface area contributed by atoms with Gasteiger partial charge in [-0.25, -0.2) is 9.18 Å². The van der Waals surface area contributed by atoms with Gasteiger partial charge in [-0.15, -0.1) is 0 Å². The third kappa shape index (κ3) is 4.63. The number of carbonyl (C=O) groups excluding carboxylic acids is 2. The zero-order valence-electron chi connectivity index (χ0n) is 10.9. The number of nitrogens with one attached hydrogen (secondary N) is 1. The lowest BCUT2D eigenvalue weighted by atomic mass is 10.2. The van der Waals surface area contributed by atoms with Gasteiger partial charge >= 0.3 is 5.97 Å². The Morgan fingerprint density at radius 2 is 1.95 bits per heavy atom. The Morgan fingerprint density at radius 1 is 1.32 bits per heavy atom. The predicted molar refractivity (Wildman–Crippen MR) is 72.3 cm³/mol. The lowest BCUT2D eigenvalue weighted by Gasteiger charge is -2.15. The SMILES string of the molecule is CC(C)NC(=O)[C@@H](C)OC(=O)c1ccc(Br)cc1F.